The maximum absolute atomic E-state index is 9.27. The summed E-state index contributed by atoms with van der Waals surface area (Å²) in [6.07, 6.45) is 4.38. The van der Waals surface area contributed by atoms with Crippen LogP contribution in [-0.4, -0.2) is 29.6 Å². The van der Waals surface area contributed by atoms with E-state index < -0.39 is 0 Å². The van der Waals surface area contributed by atoms with E-state index >= 15 is 0 Å². The van der Waals surface area contributed by atoms with Crippen LogP contribution in [0.4, 0.5) is 0 Å². The van der Waals surface area contributed by atoms with Gasteiger partial charge < -0.3 is 5.11 Å². The van der Waals surface area contributed by atoms with Crippen LogP contribution in [0.1, 0.15) is 0 Å². The van der Waals surface area contributed by atoms with Gasteiger partial charge in [0, 0.05) is 12.5 Å². The van der Waals surface area contributed by atoms with E-state index in [0.29, 0.717) is 17.6 Å². The topological polar surface area (TPSA) is 23.5 Å². The van der Waals surface area contributed by atoms with Crippen molar-refractivity contribution in [3.8, 4) is 0 Å². The number of fused-ring (bicyclic) bond motifs is 1. The highest BCUT2D eigenvalue weighted by Crippen LogP contribution is 2.39. The standard InChI is InChI=1S/C9H13NO/c1-6(11)9-8-4-3-7(8)5-10(9)2/h3-4,7-9,11H,1,5H2,2H3/t7-,8-,9-/m1/s1. The summed E-state index contributed by atoms with van der Waals surface area (Å²) in [5.41, 5.74) is 0. The molecule has 2 nitrogen and oxygen atoms in total. The number of hydrogen-bond donors (Lipinski definition) is 1. The molecule has 0 aromatic heterocycles. The minimum absolute atomic E-state index is 0.171. The molecule has 0 radical (unpaired) electrons. The number of likely N-dealkylation sites (N-methyl/N-ethyl adjacent to an activating group) is 1. The number of likely N-dealkylation sites (tertiary alicyclic amines) is 1. The van der Waals surface area contributed by atoms with E-state index in [9.17, 15) is 5.11 Å². The second-order valence-electron chi connectivity index (χ2n) is 3.50. The van der Waals surface area contributed by atoms with E-state index in [4.69, 9.17) is 0 Å². The fraction of sp³-hybridized carbons (Fsp3) is 0.556. The van der Waals surface area contributed by atoms with Gasteiger partial charge >= 0.3 is 0 Å². The summed E-state index contributed by atoms with van der Waals surface area (Å²) in [7, 11) is 2.03. The summed E-state index contributed by atoms with van der Waals surface area (Å²) in [4.78, 5) is 2.16. The lowest BCUT2D eigenvalue weighted by Crippen LogP contribution is -2.31. The molecule has 2 rings (SSSR count). The van der Waals surface area contributed by atoms with Crippen molar-refractivity contribution in [2.24, 2.45) is 11.8 Å². The summed E-state index contributed by atoms with van der Waals surface area (Å²) in [6, 6.07) is 0.171. The largest absolute Gasteiger partial charge is 0.511 e. The molecular weight excluding hydrogens is 138 g/mol. The average molecular weight is 151 g/mol. The van der Waals surface area contributed by atoms with Crippen molar-refractivity contribution in [3.63, 3.8) is 0 Å². The molecule has 1 fully saturated rings. The van der Waals surface area contributed by atoms with Crippen molar-refractivity contribution in [1.82, 2.24) is 4.90 Å². The molecule has 0 aromatic carbocycles. The molecule has 3 atom stereocenters. The average Bonchev–Trinajstić information content (AvgIpc) is 2.10. The number of aliphatic hydroxyl groups is 1. The molecule has 0 amide bonds. The van der Waals surface area contributed by atoms with E-state index in [0.717, 1.165) is 6.54 Å². The molecule has 1 heterocycles. The van der Waals surface area contributed by atoms with Crippen LogP contribution in [0.25, 0.3) is 0 Å². The van der Waals surface area contributed by atoms with Gasteiger partial charge in [0.05, 0.1) is 6.04 Å². The molecule has 0 unspecified atom stereocenters. The van der Waals surface area contributed by atoms with E-state index in [-0.39, 0.29) is 6.04 Å². The second kappa shape index (κ2) is 2.11. The lowest BCUT2D eigenvalue weighted by atomic mass is 9.81. The van der Waals surface area contributed by atoms with Gasteiger partial charge in [-0.05, 0) is 13.0 Å². The van der Waals surface area contributed by atoms with Gasteiger partial charge in [-0.25, -0.2) is 0 Å². The molecule has 1 aliphatic carbocycles. The number of rotatable bonds is 1. The summed E-state index contributed by atoms with van der Waals surface area (Å²) >= 11 is 0. The van der Waals surface area contributed by atoms with Crippen LogP contribution >= 0.6 is 0 Å². The zero-order valence-corrected chi connectivity index (χ0v) is 6.70. The van der Waals surface area contributed by atoms with Gasteiger partial charge in [-0.2, -0.15) is 0 Å². The maximum atomic E-state index is 9.27. The summed E-state index contributed by atoms with van der Waals surface area (Å²) in [5, 5.41) is 9.27. The highest BCUT2D eigenvalue weighted by molar-refractivity contribution is 5.22. The molecule has 1 aliphatic heterocycles. The smallest absolute Gasteiger partial charge is 0.103 e. The fourth-order valence-corrected chi connectivity index (χ4v) is 2.14. The molecule has 0 aromatic rings. The quantitative estimate of drug-likeness (QED) is 0.449. The minimum atomic E-state index is 0.171. The Kier molecular flexibility index (Phi) is 1.33. The zero-order chi connectivity index (χ0) is 8.01. The lowest BCUT2D eigenvalue weighted by Gasteiger charge is -2.26. The van der Waals surface area contributed by atoms with Crippen molar-refractivity contribution in [2.45, 2.75) is 6.04 Å². The first kappa shape index (κ1) is 6.92. The predicted octanol–water partition coefficient (Wildman–Crippen LogP) is 1.17. The Bertz CT molecular complexity index is 222. The molecule has 1 N–H and O–H groups in total. The Labute approximate surface area is 66.8 Å². The van der Waals surface area contributed by atoms with Gasteiger partial charge in [-0.3, -0.25) is 4.90 Å². The molecule has 0 spiro atoms. The first-order valence-corrected chi connectivity index (χ1v) is 3.96. The second-order valence-corrected chi connectivity index (χ2v) is 3.50. The molecule has 2 heteroatoms. The van der Waals surface area contributed by atoms with Crippen molar-refractivity contribution in [1.29, 1.82) is 0 Å². The predicted molar refractivity (Wildman–Crippen MR) is 44.3 cm³/mol. The molecular formula is C9H13NO. The Balaban J connectivity index is 2.19. The van der Waals surface area contributed by atoms with Crippen LogP contribution in [0.5, 0.6) is 0 Å². The van der Waals surface area contributed by atoms with E-state index in [1.165, 1.54) is 0 Å². The van der Waals surface area contributed by atoms with Gasteiger partial charge in [0.25, 0.3) is 0 Å². The van der Waals surface area contributed by atoms with Crippen molar-refractivity contribution < 1.29 is 5.11 Å². The van der Waals surface area contributed by atoms with E-state index in [2.05, 4.69) is 23.6 Å². The zero-order valence-electron chi connectivity index (χ0n) is 6.70. The number of aliphatic hydroxyl groups excluding tert-OH is 1. The highest BCUT2D eigenvalue weighted by Gasteiger charge is 2.42. The summed E-state index contributed by atoms with van der Waals surface area (Å²) < 4.78 is 0. The van der Waals surface area contributed by atoms with Crippen LogP contribution in [-0.2, 0) is 0 Å². The third-order valence-electron chi connectivity index (χ3n) is 2.75. The highest BCUT2D eigenvalue weighted by atomic mass is 16.3. The molecule has 0 bridgehead atoms. The number of hydrogen-bond acceptors (Lipinski definition) is 2. The van der Waals surface area contributed by atoms with Crippen molar-refractivity contribution in [2.75, 3.05) is 13.6 Å². The molecule has 60 valence electrons. The van der Waals surface area contributed by atoms with Gasteiger partial charge in [-0.1, -0.05) is 18.7 Å². The number of nitrogens with zero attached hydrogens (tertiary/aromatic N) is 1. The van der Waals surface area contributed by atoms with Gasteiger partial charge in [0.15, 0.2) is 0 Å². The van der Waals surface area contributed by atoms with Crippen LogP contribution in [0.15, 0.2) is 24.5 Å². The van der Waals surface area contributed by atoms with E-state index in [1.54, 1.807) is 0 Å². The Hall–Kier alpha value is -0.760. The first-order valence-electron chi connectivity index (χ1n) is 3.96. The Morgan fingerprint density at radius 3 is 2.64 bits per heavy atom. The summed E-state index contributed by atoms with van der Waals surface area (Å²) in [5.74, 6) is 1.50. The summed E-state index contributed by atoms with van der Waals surface area (Å²) in [6.45, 7) is 4.65. The van der Waals surface area contributed by atoms with Gasteiger partial charge in [-0.15, -0.1) is 0 Å². The maximum Gasteiger partial charge on any atom is 0.103 e. The minimum Gasteiger partial charge on any atom is -0.511 e. The van der Waals surface area contributed by atoms with Gasteiger partial charge in [0.1, 0.15) is 5.76 Å². The fourth-order valence-electron chi connectivity index (χ4n) is 2.14. The SMILES string of the molecule is C=C(O)[C@@H]1[C@@H]2C=C[C@@H]2CN1C. The Morgan fingerprint density at radius 1 is 1.64 bits per heavy atom. The molecule has 1 saturated heterocycles. The molecule has 2 aliphatic rings. The van der Waals surface area contributed by atoms with Crippen LogP contribution < -0.4 is 0 Å². The van der Waals surface area contributed by atoms with E-state index in [1.807, 2.05) is 7.05 Å². The lowest BCUT2D eigenvalue weighted by molar-refractivity contribution is 0.240. The van der Waals surface area contributed by atoms with Crippen LogP contribution in [0.3, 0.4) is 0 Å². The molecule has 0 saturated carbocycles. The third-order valence-corrected chi connectivity index (χ3v) is 2.75. The first-order chi connectivity index (χ1) is 5.20. The van der Waals surface area contributed by atoms with Crippen LogP contribution in [0.2, 0.25) is 0 Å². The monoisotopic (exact) mass is 151 g/mol. The van der Waals surface area contributed by atoms with Gasteiger partial charge in [0.2, 0.25) is 0 Å². The van der Waals surface area contributed by atoms with Crippen molar-refractivity contribution in [3.05, 3.63) is 24.5 Å². The molecule has 11 heavy (non-hydrogen) atoms. The Morgan fingerprint density at radius 2 is 2.36 bits per heavy atom. The normalized spacial score (nSPS) is 41.7. The third kappa shape index (κ3) is 0.824. The van der Waals surface area contributed by atoms with Crippen molar-refractivity contribution >= 4 is 0 Å². The van der Waals surface area contributed by atoms with Crippen LogP contribution in [0, 0.1) is 11.8 Å².